The zero-order valence-electron chi connectivity index (χ0n) is 12.8. The Morgan fingerprint density at radius 2 is 2.17 bits per heavy atom. The normalized spacial score (nSPS) is 18.4. The summed E-state index contributed by atoms with van der Waals surface area (Å²) in [6.45, 7) is 2.66. The number of rotatable bonds is 4. The number of nitrogens with zero attached hydrogens (tertiary/aromatic N) is 4. The molecule has 1 aromatic carbocycles. The van der Waals surface area contributed by atoms with Gasteiger partial charge in [0.05, 0.1) is 24.1 Å². The number of carbonyl (C=O) groups is 1. The van der Waals surface area contributed by atoms with E-state index in [1.54, 1.807) is 17.2 Å². The first-order valence-corrected chi connectivity index (χ1v) is 8.40. The average molecular weight is 356 g/mol. The predicted molar refractivity (Wildman–Crippen MR) is 83.2 cm³/mol. The number of carbonyl (C=O) groups excluding carboxylic acids is 1. The van der Waals surface area contributed by atoms with Crippen LogP contribution in [0.2, 0.25) is 0 Å². The summed E-state index contributed by atoms with van der Waals surface area (Å²) in [5.74, 6) is 0.457. The molecule has 1 aliphatic rings. The lowest BCUT2D eigenvalue weighted by molar-refractivity contribution is -0.137. The lowest BCUT2D eigenvalue weighted by atomic mass is 10.1. The van der Waals surface area contributed by atoms with Crippen LogP contribution in [0.25, 0.3) is 0 Å². The quantitative estimate of drug-likeness (QED) is 0.845. The predicted octanol–water partition coefficient (Wildman–Crippen LogP) is 2.94. The molecule has 1 atom stereocenters. The third kappa shape index (κ3) is 3.40. The third-order valence-electron chi connectivity index (χ3n) is 3.72. The van der Waals surface area contributed by atoms with Crippen LogP contribution in [0.4, 0.5) is 13.2 Å². The van der Waals surface area contributed by atoms with Crippen LogP contribution in [-0.2, 0) is 17.5 Å². The Morgan fingerprint density at radius 1 is 1.38 bits per heavy atom. The molecule has 2 heterocycles. The lowest BCUT2D eigenvalue weighted by Gasteiger charge is -2.19. The Hall–Kier alpha value is -2.03. The number of alkyl halides is 3. The Bertz CT molecular complexity index is 746. The summed E-state index contributed by atoms with van der Waals surface area (Å²) < 4.78 is 39.8. The Kier molecular flexibility index (Phi) is 4.53. The second kappa shape index (κ2) is 6.46. The standard InChI is InChI=1S/C15H15F3N4OS/c1-2-22-13(23)9-24-14(22)12-8-21(20-19-12)7-10-4-3-5-11(6-10)15(16,17)18/h3-6,8,14H,2,7,9H2,1H3/t14-/m0/s1. The number of aromatic nitrogens is 3. The molecule has 1 amide bonds. The number of benzene rings is 1. The molecule has 3 rings (SSSR count). The molecule has 2 aromatic rings. The van der Waals surface area contributed by atoms with Crippen molar-refractivity contribution in [2.75, 3.05) is 12.3 Å². The average Bonchev–Trinajstić information content (AvgIpc) is 3.13. The minimum absolute atomic E-state index is 0.0555. The van der Waals surface area contributed by atoms with Crippen LogP contribution in [0, 0.1) is 0 Å². The van der Waals surface area contributed by atoms with Gasteiger partial charge in [-0.05, 0) is 24.6 Å². The molecule has 5 nitrogen and oxygen atoms in total. The van der Waals surface area contributed by atoms with Crippen LogP contribution in [0.15, 0.2) is 30.5 Å². The minimum Gasteiger partial charge on any atom is -0.324 e. The van der Waals surface area contributed by atoms with Crippen LogP contribution in [0.3, 0.4) is 0 Å². The molecule has 0 spiro atoms. The summed E-state index contributed by atoms with van der Waals surface area (Å²) in [6.07, 6.45) is -2.69. The maximum atomic E-state index is 12.8. The summed E-state index contributed by atoms with van der Waals surface area (Å²) in [5.41, 5.74) is 0.442. The van der Waals surface area contributed by atoms with E-state index >= 15 is 0 Å². The smallest absolute Gasteiger partial charge is 0.324 e. The van der Waals surface area contributed by atoms with Crippen molar-refractivity contribution >= 4 is 17.7 Å². The van der Waals surface area contributed by atoms with E-state index in [4.69, 9.17) is 0 Å². The Labute approximate surface area is 140 Å². The van der Waals surface area contributed by atoms with Gasteiger partial charge in [-0.2, -0.15) is 13.2 Å². The second-order valence-corrected chi connectivity index (χ2v) is 6.45. The minimum atomic E-state index is -4.37. The van der Waals surface area contributed by atoms with Gasteiger partial charge >= 0.3 is 6.18 Å². The van der Waals surface area contributed by atoms with Gasteiger partial charge in [-0.25, -0.2) is 4.68 Å². The van der Waals surface area contributed by atoms with E-state index in [9.17, 15) is 18.0 Å². The number of hydrogen-bond acceptors (Lipinski definition) is 4. The summed E-state index contributed by atoms with van der Waals surface area (Å²) in [6, 6.07) is 5.13. The monoisotopic (exact) mass is 356 g/mol. The van der Waals surface area contributed by atoms with Crippen LogP contribution in [0.5, 0.6) is 0 Å². The molecule has 0 aliphatic carbocycles. The van der Waals surface area contributed by atoms with E-state index < -0.39 is 11.7 Å². The Morgan fingerprint density at radius 3 is 2.88 bits per heavy atom. The van der Waals surface area contributed by atoms with Crippen LogP contribution >= 0.6 is 11.8 Å². The van der Waals surface area contributed by atoms with Gasteiger partial charge in [0, 0.05) is 6.54 Å². The van der Waals surface area contributed by atoms with Gasteiger partial charge in [0.15, 0.2) is 0 Å². The van der Waals surface area contributed by atoms with E-state index in [0.717, 1.165) is 12.1 Å². The van der Waals surface area contributed by atoms with Crippen molar-refractivity contribution in [2.45, 2.75) is 25.0 Å². The van der Waals surface area contributed by atoms with E-state index in [1.165, 1.54) is 22.5 Å². The molecule has 0 unspecified atom stereocenters. The summed E-state index contributed by atoms with van der Waals surface area (Å²) in [5, 5.41) is 7.87. The topological polar surface area (TPSA) is 51.0 Å². The van der Waals surface area contributed by atoms with Gasteiger partial charge in [0.1, 0.15) is 11.1 Å². The van der Waals surface area contributed by atoms with Crippen molar-refractivity contribution < 1.29 is 18.0 Å². The highest BCUT2D eigenvalue weighted by Crippen LogP contribution is 2.37. The van der Waals surface area contributed by atoms with E-state index in [1.807, 2.05) is 6.92 Å². The largest absolute Gasteiger partial charge is 0.416 e. The highest BCUT2D eigenvalue weighted by atomic mass is 32.2. The van der Waals surface area contributed by atoms with Crippen molar-refractivity contribution in [1.82, 2.24) is 19.9 Å². The van der Waals surface area contributed by atoms with Crippen molar-refractivity contribution in [3.05, 3.63) is 47.3 Å². The fourth-order valence-corrected chi connectivity index (χ4v) is 3.77. The number of thioether (sulfide) groups is 1. The zero-order valence-corrected chi connectivity index (χ0v) is 13.6. The van der Waals surface area contributed by atoms with Crippen LogP contribution in [-0.4, -0.2) is 38.1 Å². The van der Waals surface area contributed by atoms with Gasteiger partial charge in [-0.3, -0.25) is 4.79 Å². The highest BCUT2D eigenvalue weighted by molar-refractivity contribution is 8.00. The summed E-state index contributed by atoms with van der Waals surface area (Å²) >= 11 is 1.47. The molecular formula is C15H15F3N4OS. The number of amides is 1. The van der Waals surface area contributed by atoms with E-state index in [2.05, 4.69) is 10.3 Å². The summed E-state index contributed by atoms with van der Waals surface area (Å²) in [7, 11) is 0. The summed E-state index contributed by atoms with van der Waals surface area (Å²) in [4.78, 5) is 13.5. The molecule has 24 heavy (non-hydrogen) atoms. The van der Waals surface area contributed by atoms with E-state index in [-0.39, 0.29) is 17.8 Å². The molecule has 128 valence electrons. The van der Waals surface area contributed by atoms with Crippen molar-refractivity contribution in [3.63, 3.8) is 0 Å². The first-order valence-electron chi connectivity index (χ1n) is 7.35. The van der Waals surface area contributed by atoms with Gasteiger partial charge in [-0.15, -0.1) is 16.9 Å². The molecule has 0 radical (unpaired) electrons. The maximum absolute atomic E-state index is 12.8. The second-order valence-electron chi connectivity index (χ2n) is 5.38. The first kappa shape index (κ1) is 16.8. The van der Waals surface area contributed by atoms with Crippen molar-refractivity contribution in [1.29, 1.82) is 0 Å². The molecule has 1 aliphatic heterocycles. The van der Waals surface area contributed by atoms with E-state index in [0.29, 0.717) is 23.6 Å². The fraction of sp³-hybridized carbons (Fsp3) is 0.400. The lowest BCUT2D eigenvalue weighted by Crippen LogP contribution is -2.27. The van der Waals surface area contributed by atoms with Crippen LogP contribution < -0.4 is 0 Å². The molecule has 0 saturated carbocycles. The molecule has 1 fully saturated rings. The number of hydrogen-bond donors (Lipinski definition) is 0. The fourth-order valence-electron chi connectivity index (χ4n) is 2.58. The highest BCUT2D eigenvalue weighted by Gasteiger charge is 2.33. The SMILES string of the molecule is CCN1C(=O)CS[C@H]1c1cn(Cc2cccc(C(F)(F)F)c2)nn1. The van der Waals surface area contributed by atoms with Gasteiger partial charge in [0.25, 0.3) is 0 Å². The van der Waals surface area contributed by atoms with Gasteiger partial charge in [0.2, 0.25) is 5.91 Å². The first-order chi connectivity index (χ1) is 11.4. The molecule has 1 saturated heterocycles. The van der Waals surface area contributed by atoms with Crippen molar-refractivity contribution in [3.8, 4) is 0 Å². The van der Waals surface area contributed by atoms with Gasteiger partial charge < -0.3 is 4.90 Å². The third-order valence-corrected chi connectivity index (χ3v) is 4.94. The molecule has 9 heteroatoms. The molecule has 1 aromatic heterocycles. The van der Waals surface area contributed by atoms with Gasteiger partial charge in [-0.1, -0.05) is 17.3 Å². The van der Waals surface area contributed by atoms with Crippen molar-refractivity contribution in [2.24, 2.45) is 0 Å². The Balaban J connectivity index is 1.76. The molecular weight excluding hydrogens is 341 g/mol. The number of halogens is 3. The molecule has 0 bridgehead atoms. The van der Waals surface area contributed by atoms with Crippen LogP contribution in [0.1, 0.15) is 29.1 Å². The zero-order chi connectivity index (χ0) is 17.3. The maximum Gasteiger partial charge on any atom is 0.416 e. The molecule has 0 N–H and O–H groups in total.